The van der Waals surface area contributed by atoms with Crippen molar-refractivity contribution in [3.63, 3.8) is 0 Å². The first-order valence-electron chi connectivity index (χ1n) is 9.22. The number of phosphoric acid groups is 1. The molecule has 1 amide bonds. The van der Waals surface area contributed by atoms with E-state index in [1.807, 2.05) is 0 Å². The van der Waals surface area contributed by atoms with Crippen molar-refractivity contribution in [2.45, 2.75) is 33.6 Å². The van der Waals surface area contributed by atoms with Crippen LogP contribution in [0.25, 0.3) is 22.7 Å². The van der Waals surface area contributed by atoms with Crippen LogP contribution in [0.5, 0.6) is 11.5 Å². The first-order chi connectivity index (χ1) is 14.5. The van der Waals surface area contributed by atoms with Crippen LogP contribution in [0.1, 0.15) is 48.6 Å². The topological polar surface area (TPSA) is 181 Å². The summed E-state index contributed by atoms with van der Waals surface area (Å²) in [5.74, 6) is -1.16. The SMILES string of the molecule is CCNC(=O)c1noc(-c2cc(C(C)C)c(OP(=O)(O)O)cc2O)c1-c1noc(C)n1. The summed E-state index contributed by atoms with van der Waals surface area (Å²) in [5, 5.41) is 20.8. The molecule has 0 aliphatic rings. The molecule has 0 saturated heterocycles. The third kappa shape index (κ3) is 4.76. The number of phenolic OH excluding ortho intramolecular Hbond substituents is 1. The Balaban J connectivity index is 2.24. The highest BCUT2D eigenvalue weighted by molar-refractivity contribution is 7.46. The summed E-state index contributed by atoms with van der Waals surface area (Å²) in [6.45, 7) is 7.18. The summed E-state index contributed by atoms with van der Waals surface area (Å²) in [6, 6.07) is 2.49. The Kier molecular flexibility index (Phi) is 6.16. The number of nitrogens with zero attached hydrogens (tertiary/aromatic N) is 3. The van der Waals surface area contributed by atoms with Crippen LogP contribution in [0.2, 0.25) is 0 Å². The molecule has 0 aliphatic carbocycles. The van der Waals surface area contributed by atoms with E-state index >= 15 is 0 Å². The van der Waals surface area contributed by atoms with Crippen molar-refractivity contribution in [2.75, 3.05) is 6.54 Å². The fourth-order valence-electron chi connectivity index (χ4n) is 2.91. The number of benzene rings is 1. The van der Waals surface area contributed by atoms with E-state index in [0.29, 0.717) is 12.1 Å². The molecule has 4 N–H and O–H groups in total. The van der Waals surface area contributed by atoms with Crippen LogP contribution in [0, 0.1) is 6.92 Å². The van der Waals surface area contributed by atoms with E-state index < -0.39 is 19.5 Å². The maximum atomic E-state index is 12.5. The van der Waals surface area contributed by atoms with Crippen LogP contribution < -0.4 is 9.84 Å². The molecular formula is C18H21N4O8P. The molecule has 0 aliphatic heterocycles. The van der Waals surface area contributed by atoms with Gasteiger partial charge in [0.05, 0.1) is 5.56 Å². The molecule has 2 heterocycles. The van der Waals surface area contributed by atoms with Crippen molar-refractivity contribution in [1.82, 2.24) is 20.6 Å². The van der Waals surface area contributed by atoms with Crippen molar-refractivity contribution >= 4 is 13.7 Å². The average Bonchev–Trinajstić information content (AvgIpc) is 3.26. The lowest BCUT2D eigenvalue weighted by molar-refractivity contribution is 0.0947. The summed E-state index contributed by atoms with van der Waals surface area (Å²) in [7, 11) is -4.86. The van der Waals surface area contributed by atoms with Crippen LogP contribution in [0.4, 0.5) is 0 Å². The van der Waals surface area contributed by atoms with Crippen LogP contribution in [-0.2, 0) is 4.57 Å². The van der Waals surface area contributed by atoms with Gasteiger partial charge in [0.1, 0.15) is 17.1 Å². The minimum absolute atomic E-state index is 0.0239. The van der Waals surface area contributed by atoms with Crippen molar-refractivity contribution < 1.29 is 37.8 Å². The standard InChI is InChI=1S/C18H21N4O8P/c1-5-19-18(24)15-14(17-20-9(4)28-22-17)16(29-21-15)11-6-10(8(2)3)13(7-12(11)23)30-31(25,26)27/h6-8,23H,5H2,1-4H3,(H,19,24)(H2,25,26,27). The van der Waals surface area contributed by atoms with Gasteiger partial charge in [-0.25, -0.2) is 4.57 Å². The van der Waals surface area contributed by atoms with Gasteiger partial charge >= 0.3 is 7.82 Å². The maximum absolute atomic E-state index is 12.5. The van der Waals surface area contributed by atoms with Gasteiger partial charge in [0.15, 0.2) is 11.5 Å². The second-order valence-corrected chi connectivity index (χ2v) is 8.04. The van der Waals surface area contributed by atoms with E-state index in [1.165, 1.54) is 6.07 Å². The normalized spacial score (nSPS) is 11.7. The third-order valence-electron chi connectivity index (χ3n) is 4.21. The number of carbonyl (C=O) groups excluding carboxylic acids is 1. The Morgan fingerprint density at radius 1 is 1.26 bits per heavy atom. The summed E-state index contributed by atoms with van der Waals surface area (Å²) in [5.41, 5.74) is 0.458. The number of hydrogen-bond donors (Lipinski definition) is 4. The van der Waals surface area contributed by atoms with Gasteiger partial charge in [-0.15, -0.1) is 0 Å². The van der Waals surface area contributed by atoms with Crippen molar-refractivity contribution in [3.05, 3.63) is 29.3 Å². The number of hydrogen-bond acceptors (Lipinski definition) is 9. The fraction of sp³-hybridized carbons (Fsp3) is 0.333. The van der Waals surface area contributed by atoms with Gasteiger partial charge in [0, 0.05) is 19.5 Å². The molecule has 12 nitrogen and oxygen atoms in total. The minimum atomic E-state index is -4.86. The zero-order valence-corrected chi connectivity index (χ0v) is 18.0. The molecule has 3 aromatic rings. The number of aryl methyl sites for hydroxylation is 1. The largest absolute Gasteiger partial charge is 0.524 e. The Morgan fingerprint density at radius 2 is 1.97 bits per heavy atom. The Labute approximate surface area is 176 Å². The van der Waals surface area contributed by atoms with Crippen molar-refractivity contribution in [1.29, 1.82) is 0 Å². The van der Waals surface area contributed by atoms with Gasteiger partial charge in [0.2, 0.25) is 11.7 Å². The lowest BCUT2D eigenvalue weighted by Gasteiger charge is -2.16. The number of phosphoric ester groups is 1. The smallest absolute Gasteiger partial charge is 0.507 e. The Morgan fingerprint density at radius 3 is 2.52 bits per heavy atom. The lowest BCUT2D eigenvalue weighted by atomic mass is 9.96. The molecule has 0 radical (unpaired) electrons. The zero-order valence-electron chi connectivity index (χ0n) is 17.1. The molecule has 0 spiro atoms. The van der Waals surface area contributed by atoms with Crippen LogP contribution in [0.3, 0.4) is 0 Å². The highest BCUT2D eigenvalue weighted by atomic mass is 31.2. The molecule has 0 fully saturated rings. The lowest BCUT2D eigenvalue weighted by Crippen LogP contribution is -2.23. The molecule has 0 saturated carbocycles. The molecule has 3 rings (SSSR count). The molecule has 2 aromatic heterocycles. The number of aromatic hydroxyl groups is 1. The van der Waals surface area contributed by atoms with E-state index in [1.54, 1.807) is 27.7 Å². The average molecular weight is 452 g/mol. The van der Waals surface area contributed by atoms with Crippen LogP contribution >= 0.6 is 7.82 Å². The van der Waals surface area contributed by atoms with Crippen molar-refractivity contribution in [3.8, 4) is 34.2 Å². The van der Waals surface area contributed by atoms with Gasteiger partial charge in [-0.3, -0.25) is 14.6 Å². The fourth-order valence-corrected chi connectivity index (χ4v) is 3.32. The molecule has 0 bridgehead atoms. The number of aromatic nitrogens is 3. The first kappa shape index (κ1) is 22.5. The van der Waals surface area contributed by atoms with E-state index in [9.17, 15) is 24.3 Å². The number of amides is 1. The quantitative estimate of drug-likeness (QED) is 0.387. The number of nitrogens with one attached hydrogen (secondary N) is 1. The molecule has 13 heteroatoms. The minimum Gasteiger partial charge on any atom is -0.507 e. The van der Waals surface area contributed by atoms with E-state index in [0.717, 1.165) is 6.07 Å². The van der Waals surface area contributed by atoms with Crippen LogP contribution in [-0.4, -0.2) is 42.6 Å². The van der Waals surface area contributed by atoms with Gasteiger partial charge in [-0.05, 0) is 24.5 Å². The van der Waals surface area contributed by atoms with Gasteiger partial charge in [-0.2, -0.15) is 4.98 Å². The first-order valence-corrected chi connectivity index (χ1v) is 10.8. The number of rotatable bonds is 7. The Bertz CT molecular complexity index is 1160. The van der Waals surface area contributed by atoms with E-state index in [2.05, 4.69) is 20.6 Å². The van der Waals surface area contributed by atoms with Gasteiger partial charge < -0.3 is 24.0 Å². The molecule has 0 unspecified atom stereocenters. The van der Waals surface area contributed by atoms with Gasteiger partial charge in [-0.1, -0.05) is 24.2 Å². The molecule has 0 atom stereocenters. The zero-order chi connectivity index (χ0) is 22.9. The number of carbonyl (C=O) groups is 1. The summed E-state index contributed by atoms with van der Waals surface area (Å²) >= 11 is 0. The third-order valence-corrected chi connectivity index (χ3v) is 4.64. The van der Waals surface area contributed by atoms with E-state index in [-0.39, 0.29) is 46.0 Å². The van der Waals surface area contributed by atoms with Crippen molar-refractivity contribution in [2.24, 2.45) is 0 Å². The molecular weight excluding hydrogens is 431 g/mol. The highest BCUT2D eigenvalue weighted by Crippen LogP contribution is 2.46. The van der Waals surface area contributed by atoms with Crippen LogP contribution in [0.15, 0.2) is 21.2 Å². The number of phenols is 1. The molecule has 166 valence electrons. The second kappa shape index (κ2) is 8.50. The van der Waals surface area contributed by atoms with E-state index in [4.69, 9.17) is 13.6 Å². The predicted molar refractivity (Wildman–Crippen MR) is 106 cm³/mol. The Hall–Kier alpha value is -3.21. The summed E-state index contributed by atoms with van der Waals surface area (Å²) in [4.78, 5) is 34.9. The predicted octanol–water partition coefficient (Wildman–Crippen LogP) is 2.75. The summed E-state index contributed by atoms with van der Waals surface area (Å²) < 4.78 is 26.4. The second-order valence-electron chi connectivity index (χ2n) is 6.88. The molecule has 1 aromatic carbocycles. The monoisotopic (exact) mass is 452 g/mol. The highest BCUT2D eigenvalue weighted by Gasteiger charge is 2.30. The summed E-state index contributed by atoms with van der Waals surface area (Å²) in [6.07, 6.45) is 0. The molecule has 31 heavy (non-hydrogen) atoms. The van der Waals surface area contributed by atoms with Gasteiger partial charge in [0.25, 0.3) is 5.91 Å². The maximum Gasteiger partial charge on any atom is 0.524 e.